The lowest BCUT2D eigenvalue weighted by molar-refractivity contribution is -0.133. The number of hydrogen-bond donors (Lipinski definition) is 1. The summed E-state index contributed by atoms with van der Waals surface area (Å²) in [5, 5.41) is 3.62. The third-order valence-electron chi connectivity index (χ3n) is 6.54. The van der Waals surface area contributed by atoms with Crippen molar-refractivity contribution in [2.24, 2.45) is 5.92 Å². The summed E-state index contributed by atoms with van der Waals surface area (Å²) in [5.74, 6) is 1.19. The summed E-state index contributed by atoms with van der Waals surface area (Å²) in [6.45, 7) is 9.34. The van der Waals surface area contributed by atoms with Gasteiger partial charge < -0.3 is 15.1 Å². The van der Waals surface area contributed by atoms with E-state index >= 15 is 0 Å². The van der Waals surface area contributed by atoms with Crippen molar-refractivity contribution in [3.63, 3.8) is 0 Å². The molecule has 3 aliphatic rings. The largest absolute Gasteiger partial charge is 0.342 e. The van der Waals surface area contributed by atoms with Crippen LogP contribution in [0.4, 0.5) is 0 Å². The first-order valence-corrected chi connectivity index (χ1v) is 10.7. The minimum atomic E-state index is 0.0203. The lowest BCUT2D eigenvalue weighted by atomic mass is 9.85. The molecule has 2 saturated heterocycles. The van der Waals surface area contributed by atoms with Gasteiger partial charge in [-0.1, -0.05) is 12.8 Å². The molecule has 148 valence electrons. The minimum absolute atomic E-state index is 0.0203. The number of nitrogens with one attached hydrogen (secondary N) is 1. The highest BCUT2D eigenvalue weighted by Gasteiger charge is 2.39. The molecule has 0 radical (unpaired) electrons. The first-order valence-electron chi connectivity index (χ1n) is 10.7. The number of rotatable bonds is 5. The number of likely N-dealkylation sites (N-methyl/N-ethyl adjacent to an activating group) is 1. The Morgan fingerprint density at radius 3 is 2.50 bits per heavy atom. The highest BCUT2D eigenvalue weighted by atomic mass is 16.2. The van der Waals surface area contributed by atoms with Crippen LogP contribution in [0.25, 0.3) is 0 Å². The van der Waals surface area contributed by atoms with E-state index in [4.69, 9.17) is 0 Å². The fraction of sp³-hybridized carbons (Fsp3) is 0.900. The van der Waals surface area contributed by atoms with Crippen LogP contribution < -0.4 is 5.32 Å². The van der Waals surface area contributed by atoms with E-state index in [1.807, 2.05) is 23.6 Å². The quantitative estimate of drug-likeness (QED) is 0.799. The Balaban J connectivity index is 1.49. The van der Waals surface area contributed by atoms with Crippen molar-refractivity contribution in [2.75, 3.05) is 45.8 Å². The Hall–Kier alpha value is -1.14. The van der Waals surface area contributed by atoms with E-state index in [0.29, 0.717) is 18.5 Å². The fourth-order valence-electron chi connectivity index (χ4n) is 4.95. The first-order chi connectivity index (χ1) is 12.6. The molecule has 1 aliphatic carbocycles. The van der Waals surface area contributed by atoms with E-state index in [1.165, 1.54) is 25.7 Å². The van der Waals surface area contributed by atoms with Crippen LogP contribution in [0.1, 0.15) is 52.4 Å². The van der Waals surface area contributed by atoms with Gasteiger partial charge in [-0.25, -0.2) is 0 Å². The van der Waals surface area contributed by atoms with E-state index in [9.17, 15) is 9.59 Å². The smallest absolute Gasteiger partial charge is 0.239 e. The van der Waals surface area contributed by atoms with Crippen LogP contribution in [0.3, 0.4) is 0 Å². The molecular formula is C20H36N4O2. The van der Waals surface area contributed by atoms with Crippen LogP contribution >= 0.6 is 0 Å². The molecular weight excluding hydrogens is 328 g/mol. The second-order valence-electron chi connectivity index (χ2n) is 8.13. The van der Waals surface area contributed by atoms with Gasteiger partial charge in [-0.05, 0) is 45.4 Å². The van der Waals surface area contributed by atoms with Crippen molar-refractivity contribution in [3.05, 3.63) is 0 Å². The average molecular weight is 365 g/mol. The standard InChI is InChI=1S/C20H36N4O2/c1-3-23(4-2)19(25)15-22-10-7-11-24(13-12-22)20(26)18-14-16-8-5-6-9-17(16)21-18/h16-18,21H,3-15H2,1-2H3. The zero-order valence-electron chi connectivity index (χ0n) is 16.6. The molecule has 1 saturated carbocycles. The highest BCUT2D eigenvalue weighted by Crippen LogP contribution is 2.33. The number of carbonyl (C=O) groups is 2. The maximum absolute atomic E-state index is 13.0. The minimum Gasteiger partial charge on any atom is -0.342 e. The Bertz CT molecular complexity index is 480. The van der Waals surface area contributed by atoms with E-state index in [1.54, 1.807) is 0 Å². The predicted molar refractivity (Wildman–Crippen MR) is 103 cm³/mol. The van der Waals surface area contributed by atoms with Gasteiger partial charge in [-0.15, -0.1) is 0 Å². The van der Waals surface area contributed by atoms with E-state index in [2.05, 4.69) is 10.2 Å². The summed E-state index contributed by atoms with van der Waals surface area (Å²) in [4.78, 5) is 31.5. The molecule has 2 amide bonds. The van der Waals surface area contributed by atoms with Crippen LogP contribution in [0.15, 0.2) is 0 Å². The molecule has 3 fully saturated rings. The fourth-order valence-corrected chi connectivity index (χ4v) is 4.95. The van der Waals surface area contributed by atoms with Crippen molar-refractivity contribution < 1.29 is 9.59 Å². The summed E-state index contributed by atoms with van der Waals surface area (Å²) < 4.78 is 0. The topological polar surface area (TPSA) is 55.9 Å². The molecule has 6 nitrogen and oxygen atoms in total. The first kappa shape index (κ1) is 19.6. The van der Waals surface area contributed by atoms with Crippen molar-refractivity contribution in [2.45, 2.75) is 64.5 Å². The third-order valence-corrected chi connectivity index (χ3v) is 6.54. The van der Waals surface area contributed by atoms with Gasteiger partial charge in [0.15, 0.2) is 0 Å². The Morgan fingerprint density at radius 1 is 1.00 bits per heavy atom. The molecule has 26 heavy (non-hydrogen) atoms. The van der Waals surface area contributed by atoms with E-state index in [0.717, 1.165) is 52.1 Å². The maximum Gasteiger partial charge on any atom is 0.239 e. The molecule has 0 spiro atoms. The van der Waals surface area contributed by atoms with Crippen molar-refractivity contribution in [1.82, 2.24) is 20.0 Å². The summed E-state index contributed by atoms with van der Waals surface area (Å²) in [6.07, 6.45) is 7.11. The Kier molecular flexibility index (Phi) is 6.92. The van der Waals surface area contributed by atoms with Crippen LogP contribution in [-0.2, 0) is 9.59 Å². The van der Waals surface area contributed by atoms with E-state index in [-0.39, 0.29) is 17.9 Å². The van der Waals surface area contributed by atoms with Gasteiger partial charge in [-0.3, -0.25) is 14.5 Å². The van der Waals surface area contributed by atoms with Gasteiger partial charge in [0.25, 0.3) is 0 Å². The zero-order valence-corrected chi connectivity index (χ0v) is 16.6. The third kappa shape index (κ3) is 4.58. The van der Waals surface area contributed by atoms with Gasteiger partial charge in [0, 0.05) is 45.3 Å². The second kappa shape index (κ2) is 9.18. The lowest BCUT2D eigenvalue weighted by Gasteiger charge is -2.26. The number of carbonyl (C=O) groups excluding carboxylic acids is 2. The molecule has 6 heteroatoms. The molecule has 3 rings (SSSR count). The number of nitrogens with zero attached hydrogens (tertiary/aromatic N) is 3. The summed E-state index contributed by atoms with van der Waals surface area (Å²) in [6, 6.07) is 0.583. The van der Waals surface area contributed by atoms with Crippen LogP contribution in [0.2, 0.25) is 0 Å². The summed E-state index contributed by atoms with van der Waals surface area (Å²) in [7, 11) is 0. The molecule has 2 heterocycles. The SMILES string of the molecule is CCN(CC)C(=O)CN1CCCN(C(=O)C2CC3CCCCC3N2)CC1. The molecule has 2 aliphatic heterocycles. The van der Waals surface area contributed by atoms with Gasteiger partial charge in [0.2, 0.25) is 11.8 Å². The summed E-state index contributed by atoms with van der Waals surface area (Å²) >= 11 is 0. The number of amides is 2. The van der Waals surface area contributed by atoms with Crippen molar-refractivity contribution in [3.8, 4) is 0 Å². The highest BCUT2D eigenvalue weighted by molar-refractivity contribution is 5.82. The lowest BCUT2D eigenvalue weighted by Crippen LogP contribution is -2.47. The maximum atomic E-state index is 13.0. The molecule has 0 bridgehead atoms. The Morgan fingerprint density at radius 2 is 1.77 bits per heavy atom. The molecule has 3 atom stereocenters. The van der Waals surface area contributed by atoms with Gasteiger partial charge >= 0.3 is 0 Å². The van der Waals surface area contributed by atoms with Gasteiger partial charge in [-0.2, -0.15) is 0 Å². The molecule has 3 unspecified atom stereocenters. The van der Waals surface area contributed by atoms with Crippen LogP contribution in [-0.4, -0.2) is 84.4 Å². The van der Waals surface area contributed by atoms with E-state index < -0.39 is 0 Å². The van der Waals surface area contributed by atoms with Crippen molar-refractivity contribution >= 4 is 11.8 Å². The monoisotopic (exact) mass is 364 g/mol. The van der Waals surface area contributed by atoms with Gasteiger partial charge in [0.1, 0.15) is 0 Å². The van der Waals surface area contributed by atoms with Crippen LogP contribution in [0, 0.1) is 5.92 Å². The number of hydrogen-bond acceptors (Lipinski definition) is 4. The second-order valence-corrected chi connectivity index (χ2v) is 8.13. The molecule has 0 aromatic rings. The molecule has 0 aromatic carbocycles. The average Bonchev–Trinajstić information content (AvgIpc) is 2.95. The predicted octanol–water partition coefficient (Wildman–Crippen LogP) is 1.31. The summed E-state index contributed by atoms with van der Waals surface area (Å²) in [5.41, 5.74) is 0. The Labute approximate surface area is 158 Å². The van der Waals surface area contributed by atoms with Gasteiger partial charge in [0.05, 0.1) is 12.6 Å². The molecule has 0 aromatic heterocycles. The van der Waals surface area contributed by atoms with Crippen LogP contribution in [0.5, 0.6) is 0 Å². The normalized spacial score (nSPS) is 29.9. The van der Waals surface area contributed by atoms with Crippen molar-refractivity contribution in [1.29, 1.82) is 0 Å². The zero-order chi connectivity index (χ0) is 18.5. The number of fused-ring (bicyclic) bond motifs is 1. The molecule has 1 N–H and O–H groups in total.